The van der Waals surface area contributed by atoms with Crippen molar-refractivity contribution in [2.75, 3.05) is 18.5 Å². The van der Waals surface area contributed by atoms with Gasteiger partial charge in [-0.15, -0.1) is 0 Å². The third kappa shape index (κ3) is 19.2. The van der Waals surface area contributed by atoms with Gasteiger partial charge < -0.3 is 90.6 Å². The molecule has 6 saturated carbocycles. The summed E-state index contributed by atoms with van der Waals surface area (Å²) in [4.78, 5) is 156. The molecule has 1 heterocycles. The van der Waals surface area contributed by atoms with E-state index in [1.54, 1.807) is 66.7 Å². The number of benzene rings is 4. The topological polar surface area (TPSA) is 429 Å². The number of alkyl carbamates (subject to hydrolysis) is 1. The highest BCUT2D eigenvalue weighted by molar-refractivity contribution is 6.00. The van der Waals surface area contributed by atoms with Crippen LogP contribution in [0.15, 0.2) is 174 Å². The summed E-state index contributed by atoms with van der Waals surface area (Å²) in [5, 5.41) is 60.8. The summed E-state index contributed by atoms with van der Waals surface area (Å²) in [7, 11) is 0. The lowest BCUT2D eigenvalue weighted by Gasteiger charge is -2.67. The van der Waals surface area contributed by atoms with Gasteiger partial charge in [0.05, 0.1) is 41.8 Å². The summed E-state index contributed by atoms with van der Waals surface area (Å²) in [6, 6.07) is 26.3. The summed E-state index contributed by atoms with van der Waals surface area (Å²) in [6.07, 6.45) is 0.0144. The number of ether oxygens (including phenoxy) is 8. The lowest BCUT2D eigenvalue weighted by molar-refractivity contribution is -0.346. The van der Waals surface area contributed by atoms with Crippen LogP contribution in [0.3, 0.4) is 0 Å². The first-order valence-electron chi connectivity index (χ1n) is 42.0. The minimum absolute atomic E-state index is 0.00814. The number of ketones is 1. The maximum atomic E-state index is 16.7. The second-order valence-electron chi connectivity index (χ2n) is 35.5. The summed E-state index contributed by atoms with van der Waals surface area (Å²) >= 11 is 0. The summed E-state index contributed by atoms with van der Waals surface area (Å²) < 4.78 is 49.6. The number of aliphatic hydroxyl groups is 4. The predicted octanol–water partition coefficient (Wildman–Crippen LogP) is 10.6. The van der Waals surface area contributed by atoms with Gasteiger partial charge >= 0.3 is 42.2 Å². The van der Waals surface area contributed by atoms with Gasteiger partial charge in [-0.3, -0.25) is 28.8 Å². The van der Waals surface area contributed by atoms with Crippen LogP contribution in [-0.2, 0) is 73.3 Å². The maximum absolute atomic E-state index is 16.7. The predicted molar refractivity (Wildman–Crippen MR) is 444 cm³/mol. The number of carbonyl (C=O) groups is 11. The monoisotopic (exact) mass is 1680 g/mol. The zero-order chi connectivity index (χ0) is 88.1. The molecule has 1 aliphatic heterocycles. The first kappa shape index (κ1) is 90.4. The van der Waals surface area contributed by atoms with Gasteiger partial charge in [0.2, 0.25) is 11.8 Å². The number of aliphatic hydroxyl groups excluding tert-OH is 3. The Labute approximate surface area is 709 Å². The van der Waals surface area contributed by atoms with Crippen LogP contribution >= 0.6 is 0 Å². The molecule has 0 aromatic heterocycles. The first-order chi connectivity index (χ1) is 57.8. The van der Waals surface area contributed by atoms with Gasteiger partial charge in [-0.05, 0) is 197 Å². The van der Waals surface area contributed by atoms with Crippen molar-refractivity contribution in [3.63, 3.8) is 0 Å². The van der Waals surface area contributed by atoms with Gasteiger partial charge in [0.1, 0.15) is 54.3 Å². The number of fused-ring (bicyclic) bond motifs is 6. The molecule has 0 spiro atoms. The number of Topliss-reactive ketones (excluding diaryl/α,β-unsaturated/α-hetero) is 1. The van der Waals surface area contributed by atoms with Crippen LogP contribution in [0, 0.1) is 45.8 Å². The molecule has 12 rings (SSSR count). The minimum Gasteiger partial charge on any atom is -0.456 e. The molecule has 654 valence electrons. The Morgan fingerprint density at radius 3 is 2.08 bits per heavy atom. The molecule has 8 aliphatic rings. The van der Waals surface area contributed by atoms with Crippen LogP contribution < -0.4 is 32.3 Å². The van der Waals surface area contributed by atoms with E-state index in [-0.39, 0.29) is 71.0 Å². The van der Waals surface area contributed by atoms with Crippen molar-refractivity contribution in [2.24, 2.45) is 51.6 Å². The van der Waals surface area contributed by atoms with Gasteiger partial charge in [-0.2, -0.15) is 0 Å². The molecule has 29 heteroatoms. The van der Waals surface area contributed by atoms with Gasteiger partial charge in [-0.1, -0.05) is 137 Å². The normalized spacial score (nSPS) is 29.6. The highest BCUT2D eigenvalue weighted by Crippen LogP contribution is 2.66. The lowest BCUT2D eigenvalue weighted by atomic mass is 9.44. The number of nitrogens with one attached hydrogen (secondary N) is 5. The number of primary amides is 1. The highest BCUT2D eigenvalue weighted by atomic mass is 16.7. The van der Waals surface area contributed by atoms with Crippen molar-refractivity contribution >= 4 is 71.3 Å². The number of allylic oxidation sites excluding steroid dienone is 4. The van der Waals surface area contributed by atoms with E-state index >= 15 is 4.79 Å². The van der Waals surface area contributed by atoms with Crippen molar-refractivity contribution in [1.29, 1.82) is 0 Å². The van der Waals surface area contributed by atoms with Crippen molar-refractivity contribution in [3.05, 3.63) is 196 Å². The Morgan fingerprint density at radius 2 is 1.45 bits per heavy atom. The number of anilines is 1. The first-order valence-corrected chi connectivity index (χ1v) is 42.0. The van der Waals surface area contributed by atoms with E-state index in [1.807, 2.05) is 12.2 Å². The van der Waals surface area contributed by atoms with Crippen molar-refractivity contribution in [3.8, 4) is 0 Å². The van der Waals surface area contributed by atoms with Gasteiger partial charge in [0.15, 0.2) is 23.6 Å². The van der Waals surface area contributed by atoms with E-state index < -0.39 is 192 Å². The molecular formula is C93H114N6O23. The second-order valence-corrected chi connectivity index (χ2v) is 35.5. The molecular weight excluding hydrogens is 1570 g/mol. The number of rotatable bonds is 28. The van der Waals surface area contributed by atoms with E-state index in [9.17, 15) is 68.4 Å². The number of carbonyl (C=O) groups excluding carboxylic acids is 11. The quantitative estimate of drug-likeness (QED) is 0.0109. The molecule has 15 unspecified atom stereocenters. The minimum atomic E-state index is -2.61. The molecule has 2 bridgehead atoms. The fraction of sp³-hybridized carbons (Fsp3) is 0.516. The van der Waals surface area contributed by atoms with Gasteiger partial charge in [0, 0.05) is 56.3 Å². The number of urea groups is 1. The van der Waals surface area contributed by atoms with Crippen molar-refractivity contribution in [1.82, 2.24) is 21.3 Å². The Balaban J connectivity index is 0.743. The number of hydrogen-bond donors (Lipinski definition) is 10. The molecule has 7 aliphatic carbocycles. The van der Waals surface area contributed by atoms with Crippen molar-refractivity contribution in [2.45, 2.75) is 243 Å². The zero-order valence-corrected chi connectivity index (χ0v) is 70.7. The van der Waals surface area contributed by atoms with Crippen LogP contribution in [0.25, 0.3) is 0 Å². The third-order valence-electron chi connectivity index (χ3n) is 26.7. The lowest BCUT2D eigenvalue weighted by Crippen LogP contribution is -2.82. The molecule has 122 heavy (non-hydrogen) atoms. The molecule has 29 nitrogen and oxygen atoms in total. The third-order valence-corrected chi connectivity index (χ3v) is 26.7. The number of esters is 4. The zero-order valence-electron chi connectivity index (χ0n) is 70.7. The summed E-state index contributed by atoms with van der Waals surface area (Å²) in [5.41, 5.74) is -1.21. The van der Waals surface area contributed by atoms with Crippen LogP contribution in [0.1, 0.15) is 191 Å². The van der Waals surface area contributed by atoms with Gasteiger partial charge in [-0.25, -0.2) is 24.0 Å². The molecule has 1 saturated heterocycles. The number of nitrogens with two attached hydrogens (primary N) is 1. The average Bonchev–Trinajstić information content (AvgIpc) is 0.681. The van der Waals surface area contributed by atoms with E-state index in [0.29, 0.717) is 35.0 Å². The largest absolute Gasteiger partial charge is 0.508 e. The summed E-state index contributed by atoms with van der Waals surface area (Å²) in [6.45, 7) is 18.7. The molecule has 6 amide bonds. The van der Waals surface area contributed by atoms with Crippen LogP contribution in [0.4, 0.5) is 20.1 Å². The Kier molecular flexibility index (Phi) is 27.5. The smallest absolute Gasteiger partial charge is 0.456 e. The average molecular weight is 1680 g/mol. The fourth-order valence-corrected chi connectivity index (χ4v) is 19.9. The second kappa shape index (κ2) is 37.1. The Bertz CT molecular complexity index is 4760. The molecule has 0 radical (unpaired) electrons. The number of hydrogen-bond acceptors (Lipinski definition) is 23. The highest BCUT2D eigenvalue weighted by Gasteiger charge is 2.79. The van der Waals surface area contributed by atoms with E-state index in [2.05, 4.69) is 59.2 Å². The number of amides is 6. The van der Waals surface area contributed by atoms with Gasteiger partial charge in [0.25, 0.3) is 5.91 Å². The van der Waals surface area contributed by atoms with Crippen LogP contribution in [0.2, 0.25) is 0 Å². The Morgan fingerprint density at radius 1 is 0.787 bits per heavy atom. The SMILES string of the molecule is C=C1/C(=C\C=C2/CCC[C@@]3(C)C2CCC3[C@@H](C)/C=C/C(OC(=O)NC(C)(C)C(=O)NC(CCCNC(N)=O)C(=O)Nc2ccc(COC(=O)OC3CC4OCC4(OC(C)=O)C4C(OC(=O)c5ccccc5)C5(O)CC(OC(=O)C(O)C(NC(=O)c6ccccc6)c6ccccc6)C(C)=C(C(OC(C)=O)C(=O)C34C)C5(C)C)cc2)C2CC2)C[C@@H](O)C[C@@H]1O. The Hall–Kier alpha value is -10.9. The molecule has 19 atom stereocenters. The van der Waals surface area contributed by atoms with Crippen LogP contribution in [0.5, 0.6) is 0 Å². The summed E-state index contributed by atoms with van der Waals surface area (Å²) in [5.74, 6) is -8.19. The molecule has 11 N–H and O–H groups in total. The molecule has 7 fully saturated rings. The van der Waals surface area contributed by atoms with Crippen LogP contribution in [-0.4, -0.2) is 177 Å². The van der Waals surface area contributed by atoms with E-state index in [1.165, 1.54) is 95.6 Å². The maximum Gasteiger partial charge on any atom is 0.508 e. The fourth-order valence-electron chi connectivity index (χ4n) is 19.9. The molecule has 4 aromatic rings. The van der Waals surface area contributed by atoms with Crippen molar-refractivity contribution < 1.29 is 111 Å². The van der Waals surface area contributed by atoms with E-state index in [0.717, 1.165) is 64.4 Å². The standard InChI is InChI=1S/C93H114N6O23/c1-51(65-40-41-66-57(29-21-43-90(65,66)10)34-37-62-45-64(102)46-68(103)52(62)2)31-42-69(58-35-36-58)119-86(112)99-89(8,9)84(110)97-67(30-22-44-95-85(94)111)81(107)96-63-38-32-56(33-39-63)49-115-87(113)120-71-47-72-92(50-116-72,122-55(5)101)77-79(121-82(108)61-27-19-14-20-28-61)93(114)48-70(53(3)73(88(93,6)7)76(117-54(4)100)78(105)91(71,77)11)118-83(109)75(104)74(59-23-15-12-16-24-59)98-80(106)60-25-17-13-18-26-60/h12-20,23-28,31-34,37-39,42,51,58,64-72,74-77,79,102-104,114H,2,21-22,29-30,35-36,40-41,43-50H2,1,3-11H3,(H,96,107)(H,97,110)(H,98,106)(H,99,112)(H3,94,95,111)/b42-31+,57-34+,62-37-/t51-,64+,65?,66?,67?,68-,69?,70?,71?,72?,74?,75?,76?,77?,79?,90+,91?,92?,93?/m0/s1. The molecule has 4 aromatic carbocycles. The van der Waals surface area contributed by atoms with E-state index in [4.69, 9.17) is 43.6 Å².